The van der Waals surface area contributed by atoms with E-state index in [1.807, 2.05) is 31.5 Å². The third-order valence-electron chi connectivity index (χ3n) is 8.17. The number of amides is 1. The molecule has 1 unspecified atom stereocenters. The van der Waals surface area contributed by atoms with Crippen LogP contribution in [0.2, 0.25) is 0 Å². The molecule has 202 valence electrons. The van der Waals surface area contributed by atoms with Crippen LogP contribution >= 0.6 is 0 Å². The summed E-state index contributed by atoms with van der Waals surface area (Å²) in [6.45, 7) is 15.3. The Hall–Kier alpha value is -3.42. The first kappa shape index (κ1) is 27.2. The Kier molecular flexibility index (Phi) is 7.16. The van der Waals surface area contributed by atoms with Crippen LogP contribution in [0.3, 0.4) is 0 Å². The van der Waals surface area contributed by atoms with E-state index in [0.29, 0.717) is 18.0 Å². The Morgan fingerprint density at radius 3 is 2.26 bits per heavy atom. The maximum Gasteiger partial charge on any atom is 0.494 e. The summed E-state index contributed by atoms with van der Waals surface area (Å²) in [5, 5.41) is 3.13. The van der Waals surface area contributed by atoms with Crippen LogP contribution in [0.4, 0.5) is 0 Å². The highest BCUT2D eigenvalue weighted by atomic mass is 16.7. The largest absolute Gasteiger partial charge is 0.494 e. The summed E-state index contributed by atoms with van der Waals surface area (Å²) in [5.41, 5.74) is 6.18. The van der Waals surface area contributed by atoms with E-state index in [1.165, 1.54) is 5.56 Å². The van der Waals surface area contributed by atoms with Crippen molar-refractivity contribution >= 4 is 29.5 Å². The molecule has 1 N–H and O–H groups in total. The van der Waals surface area contributed by atoms with Gasteiger partial charge in [0.1, 0.15) is 0 Å². The second-order valence-electron chi connectivity index (χ2n) is 11.9. The molecular weight excluding hydrogens is 485 g/mol. The SMILES string of the molecule is CC(C)c1cccc(C(C)NC(=O)c2ccc3c(c2)ncn3Cc2ccc(B3OC(C)(C)C(C)(C)O3)cc2)c1. The molecule has 5 rings (SSSR count). The summed E-state index contributed by atoms with van der Waals surface area (Å²) in [6.07, 6.45) is 1.83. The van der Waals surface area contributed by atoms with Crippen molar-refractivity contribution in [3.05, 3.63) is 95.3 Å². The van der Waals surface area contributed by atoms with E-state index in [0.717, 1.165) is 27.6 Å². The minimum absolute atomic E-state index is 0.0930. The van der Waals surface area contributed by atoms with E-state index in [4.69, 9.17) is 9.31 Å². The van der Waals surface area contributed by atoms with Crippen LogP contribution < -0.4 is 10.8 Å². The van der Waals surface area contributed by atoms with Gasteiger partial charge < -0.3 is 19.2 Å². The molecule has 2 heterocycles. The second kappa shape index (κ2) is 10.3. The number of benzene rings is 3. The summed E-state index contributed by atoms with van der Waals surface area (Å²) in [7, 11) is -0.371. The Balaban J connectivity index is 1.26. The number of hydrogen-bond donors (Lipinski definition) is 1. The van der Waals surface area contributed by atoms with Crippen molar-refractivity contribution in [2.75, 3.05) is 0 Å². The standard InChI is InChI=1S/C32H38BN3O3/c1-21(2)24-9-8-10-25(17-24)22(3)35-30(37)26-13-16-29-28(18-26)34-20-36(29)19-23-11-14-27(15-12-23)33-38-31(4,5)32(6,7)39-33/h8-18,20-22H,19H2,1-7H3,(H,35,37). The van der Waals surface area contributed by atoms with Crippen LogP contribution in [0.1, 0.15) is 87.5 Å². The van der Waals surface area contributed by atoms with Gasteiger partial charge in [-0.15, -0.1) is 0 Å². The fraction of sp³-hybridized carbons (Fsp3) is 0.375. The lowest BCUT2D eigenvalue weighted by atomic mass is 9.79. The molecule has 1 amide bonds. The normalized spacial score (nSPS) is 17.1. The van der Waals surface area contributed by atoms with E-state index in [2.05, 4.69) is 105 Å². The van der Waals surface area contributed by atoms with Gasteiger partial charge in [-0.3, -0.25) is 4.79 Å². The van der Waals surface area contributed by atoms with Gasteiger partial charge in [-0.25, -0.2) is 4.98 Å². The first-order valence-corrected chi connectivity index (χ1v) is 13.7. The first-order valence-electron chi connectivity index (χ1n) is 13.7. The average molecular weight is 523 g/mol. The molecule has 7 heteroatoms. The van der Waals surface area contributed by atoms with Crippen molar-refractivity contribution in [3.63, 3.8) is 0 Å². The van der Waals surface area contributed by atoms with Crippen molar-refractivity contribution in [2.45, 2.75) is 78.2 Å². The highest BCUT2D eigenvalue weighted by molar-refractivity contribution is 6.62. The third kappa shape index (κ3) is 5.52. The van der Waals surface area contributed by atoms with E-state index < -0.39 is 0 Å². The molecule has 1 aliphatic rings. The number of rotatable bonds is 7. The number of nitrogens with one attached hydrogen (secondary N) is 1. The topological polar surface area (TPSA) is 65.4 Å². The van der Waals surface area contributed by atoms with Crippen LogP contribution in [-0.2, 0) is 15.9 Å². The summed E-state index contributed by atoms with van der Waals surface area (Å²) >= 11 is 0. The van der Waals surface area contributed by atoms with Crippen LogP contribution in [0.25, 0.3) is 11.0 Å². The predicted molar refractivity (Wildman–Crippen MR) is 157 cm³/mol. The summed E-state index contributed by atoms with van der Waals surface area (Å²) < 4.78 is 14.5. The van der Waals surface area contributed by atoms with Crippen molar-refractivity contribution in [1.29, 1.82) is 0 Å². The second-order valence-corrected chi connectivity index (χ2v) is 11.9. The number of carbonyl (C=O) groups is 1. The zero-order chi connectivity index (χ0) is 27.9. The lowest BCUT2D eigenvalue weighted by Crippen LogP contribution is -2.41. The maximum atomic E-state index is 13.0. The number of aromatic nitrogens is 2. The molecule has 1 aliphatic heterocycles. The molecule has 1 atom stereocenters. The van der Waals surface area contributed by atoms with Gasteiger partial charge in [0.15, 0.2) is 0 Å². The summed E-state index contributed by atoms with van der Waals surface area (Å²) in [6, 6.07) is 22.4. The van der Waals surface area contributed by atoms with Crippen LogP contribution in [0.15, 0.2) is 73.1 Å². The Morgan fingerprint density at radius 1 is 0.923 bits per heavy atom. The quantitative estimate of drug-likeness (QED) is 0.302. The van der Waals surface area contributed by atoms with Crippen molar-refractivity contribution in [1.82, 2.24) is 14.9 Å². The molecule has 1 aromatic heterocycles. The molecular formula is C32H38BN3O3. The number of carbonyl (C=O) groups excluding carboxylic acids is 1. The van der Waals surface area contributed by atoms with Gasteiger partial charge in [-0.1, -0.05) is 62.4 Å². The highest BCUT2D eigenvalue weighted by Gasteiger charge is 2.51. The van der Waals surface area contributed by atoms with Crippen LogP contribution in [0, 0.1) is 0 Å². The van der Waals surface area contributed by atoms with Crippen LogP contribution in [0.5, 0.6) is 0 Å². The highest BCUT2D eigenvalue weighted by Crippen LogP contribution is 2.36. The predicted octanol–water partition coefficient (Wildman–Crippen LogP) is 6.00. The molecule has 4 aromatic rings. The van der Waals surface area contributed by atoms with Crippen molar-refractivity contribution in [2.24, 2.45) is 0 Å². The van der Waals surface area contributed by atoms with Gasteiger partial charge in [0, 0.05) is 12.1 Å². The fourth-order valence-corrected chi connectivity index (χ4v) is 4.84. The van der Waals surface area contributed by atoms with E-state index >= 15 is 0 Å². The Morgan fingerprint density at radius 2 is 1.59 bits per heavy atom. The summed E-state index contributed by atoms with van der Waals surface area (Å²) in [5.74, 6) is 0.339. The number of nitrogens with zero attached hydrogens (tertiary/aromatic N) is 2. The first-order chi connectivity index (χ1) is 18.4. The minimum Gasteiger partial charge on any atom is -0.399 e. The molecule has 0 saturated carbocycles. The third-order valence-corrected chi connectivity index (χ3v) is 8.17. The molecule has 0 radical (unpaired) electrons. The van der Waals surface area contributed by atoms with Gasteiger partial charge in [0.25, 0.3) is 5.91 Å². The average Bonchev–Trinajstić information content (AvgIpc) is 3.39. The summed E-state index contributed by atoms with van der Waals surface area (Å²) in [4.78, 5) is 17.6. The van der Waals surface area contributed by atoms with Crippen LogP contribution in [-0.4, -0.2) is 33.8 Å². The Labute approximate surface area is 231 Å². The fourth-order valence-electron chi connectivity index (χ4n) is 4.84. The molecule has 3 aromatic carbocycles. The van der Waals surface area contributed by atoms with Crippen molar-refractivity contribution in [3.8, 4) is 0 Å². The van der Waals surface area contributed by atoms with E-state index in [9.17, 15) is 4.79 Å². The molecule has 1 fully saturated rings. The van der Waals surface area contributed by atoms with Gasteiger partial charge in [0.05, 0.1) is 34.6 Å². The number of fused-ring (bicyclic) bond motifs is 1. The maximum absolute atomic E-state index is 13.0. The molecule has 1 saturated heterocycles. The monoisotopic (exact) mass is 523 g/mol. The number of imidazole rings is 1. The molecule has 39 heavy (non-hydrogen) atoms. The lowest BCUT2D eigenvalue weighted by molar-refractivity contribution is 0.00578. The lowest BCUT2D eigenvalue weighted by Gasteiger charge is -2.32. The molecule has 0 bridgehead atoms. The number of hydrogen-bond acceptors (Lipinski definition) is 4. The van der Waals surface area contributed by atoms with E-state index in [-0.39, 0.29) is 30.3 Å². The minimum atomic E-state index is -0.371. The van der Waals surface area contributed by atoms with Crippen molar-refractivity contribution < 1.29 is 14.1 Å². The van der Waals surface area contributed by atoms with E-state index in [1.54, 1.807) is 0 Å². The van der Waals surface area contributed by atoms with Gasteiger partial charge in [-0.05, 0) is 80.9 Å². The van der Waals surface area contributed by atoms with Gasteiger partial charge >= 0.3 is 7.12 Å². The molecule has 0 spiro atoms. The van der Waals surface area contributed by atoms with Gasteiger partial charge in [-0.2, -0.15) is 0 Å². The molecule has 0 aliphatic carbocycles. The molecule has 6 nitrogen and oxygen atoms in total. The zero-order valence-electron chi connectivity index (χ0n) is 24.0. The van der Waals surface area contributed by atoms with Gasteiger partial charge in [0.2, 0.25) is 0 Å². The Bertz CT molecular complexity index is 1470. The zero-order valence-corrected chi connectivity index (χ0v) is 24.0. The smallest absolute Gasteiger partial charge is 0.399 e.